The number of unbranched alkanes of at least 4 members (excludes halogenated alkanes) is 20. The Labute approximate surface area is 255 Å². The van der Waals surface area contributed by atoms with Gasteiger partial charge in [0.15, 0.2) is 0 Å². The van der Waals surface area contributed by atoms with Crippen LogP contribution in [0.15, 0.2) is 0 Å². The van der Waals surface area contributed by atoms with Crippen molar-refractivity contribution in [3.05, 3.63) is 0 Å². The molecular weight excluding hydrogens is 490 g/mol. The molecule has 1 aliphatic rings. The van der Waals surface area contributed by atoms with Gasteiger partial charge in [0, 0.05) is 25.9 Å². The van der Waals surface area contributed by atoms with Crippen LogP contribution in [0.2, 0.25) is 0 Å². The zero-order chi connectivity index (χ0) is 29.6. The van der Waals surface area contributed by atoms with Gasteiger partial charge in [0.25, 0.3) is 0 Å². The van der Waals surface area contributed by atoms with Gasteiger partial charge in [-0.1, -0.05) is 176 Å². The summed E-state index contributed by atoms with van der Waals surface area (Å²) in [6.07, 6.45) is 36.4. The maximum absolute atomic E-state index is 5.56. The molecule has 1 fully saturated rings. The van der Waals surface area contributed by atoms with Crippen LogP contribution in [0.25, 0.3) is 0 Å². The lowest BCUT2D eigenvalue weighted by atomic mass is 10.1. The molecule has 0 spiro atoms. The number of ether oxygens (including phenoxy) is 2. The molecule has 1 unspecified atom stereocenters. The van der Waals surface area contributed by atoms with Gasteiger partial charge < -0.3 is 14.8 Å². The highest BCUT2D eigenvalue weighted by molar-refractivity contribution is 4.67. The fourth-order valence-corrected chi connectivity index (χ4v) is 5.10. The Morgan fingerprint density at radius 3 is 1.25 bits per heavy atom. The molecule has 0 bridgehead atoms. The van der Waals surface area contributed by atoms with Crippen LogP contribution in [0.1, 0.15) is 202 Å². The Kier molecular flexibility index (Phi) is 43.1. The largest absolute Gasteiger partial charge is 0.381 e. The molecule has 0 amide bonds. The topological polar surface area (TPSA) is 30.5 Å². The molecule has 0 radical (unpaired) electrons. The highest BCUT2D eigenvalue weighted by Crippen LogP contribution is 2.12. The van der Waals surface area contributed by atoms with E-state index in [0.717, 1.165) is 52.2 Å². The second-order valence-electron chi connectivity index (χ2n) is 12.2. The molecule has 0 aliphatic carbocycles. The number of hydrogen-bond acceptors (Lipinski definition) is 3. The number of nitrogens with one attached hydrogen (secondary N) is 1. The standard InChI is InChI=1S/C14H30.C12H26.C11H23NO2/c1-3-5-7-9-11-13-14-12-10-8-6-4-2;1-3-5-7-9-11-12-10-8-6-4-2;1-2-7-14-10-11-5-3-8-13-9-4-6-12-11/h3-14H2,1-2H3;3-12H2,1-2H3;11-12H,2-10H2,1H3. The third kappa shape index (κ3) is 40.0. The minimum absolute atomic E-state index is 0.531. The van der Waals surface area contributed by atoms with E-state index in [1.165, 1.54) is 148 Å². The summed E-state index contributed by atoms with van der Waals surface area (Å²) in [4.78, 5) is 0. The first-order valence-corrected chi connectivity index (χ1v) is 18.6. The van der Waals surface area contributed by atoms with E-state index in [2.05, 4.69) is 39.9 Å². The van der Waals surface area contributed by atoms with Crippen molar-refractivity contribution in [2.24, 2.45) is 0 Å². The van der Waals surface area contributed by atoms with E-state index in [1.807, 2.05) is 0 Å². The molecular formula is C37H79NO2. The molecule has 0 aromatic carbocycles. The fourth-order valence-electron chi connectivity index (χ4n) is 5.10. The lowest BCUT2D eigenvalue weighted by Crippen LogP contribution is -2.34. The molecule has 1 saturated heterocycles. The first-order chi connectivity index (χ1) is 19.8. The quantitative estimate of drug-likeness (QED) is 0.117. The second kappa shape index (κ2) is 41.0. The first kappa shape index (κ1) is 42.0. The summed E-state index contributed by atoms with van der Waals surface area (Å²) in [6.45, 7) is 15.9. The molecule has 1 aliphatic heterocycles. The van der Waals surface area contributed by atoms with Gasteiger partial charge in [-0.15, -0.1) is 0 Å². The zero-order valence-electron chi connectivity index (χ0n) is 28.8. The van der Waals surface area contributed by atoms with E-state index in [4.69, 9.17) is 9.47 Å². The van der Waals surface area contributed by atoms with Crippen molar-refractivity contribution < 1.29 is 9.47 Å². The van der Waals surface area contributed by atoms with Gasteiger partial charge in [0.2, 0.25) is 0 Å². The van der Waals surface area contributed by atoms with Gasteiger partial charge in [-0.05, 0) is 32.2 Å². The zero-order valence-corrected chi connectivity index (χ0v) is 28.8. The molecule has 3 heteroatoms. The Morgan fingerprint density at radius 2 is 0.875 bits per heavy atom. The van der Waals surface area contributed by atoms with Crippen molar-refractivity contribution >= 4 is 0 Å². The second-order valence-corrected chi connectivity index (χ2v) is 12.2. The molecule has 0 saturated carbocycles. The molecule has 1 atom stereocenters. The fraction of sp³-hybridized carbons (Fsp3) is 1.00. The number of hydrogen-bond donors (Lipinski definition) is 1. The maximum atomic E-state index is 5.56. The monoisotopic (exact) mass is 570 g/mol. The van der Waals surface area contributed by atoms with Crippen molar-refractivity contribution in [1.82, 2.24) is 5.32 Å². The van der Waals surface area contributed by atoms with Crippen molar-refractivity contribution in [1.29, 1.82) is 0 Å². The summed E-state index contributed by atoms with van der Waals surface area (Å²) >= 11 is 0. The summed E-state index contributed by atoms with van der Waals surface area (Å²) < 4.78 is 11.0. The van der Waals surface area contributed by atoms with E-state index in [0.29, 0.717) is 6.04 Å². The minimum atomic E-state index is 0.531. The van der Waals surface area contributed by atoms with Crippen LogP contribution in [-0.2, 0) is 9.47 Å². The SMILES string of the molecule is CCCCCCCCCCCC.CCCCCCCCCCCCCC.CCCOCC1CCCOCCCN1. The van der Waals surface area contributed by atoms with Crippen LogP contribution in [0.3, 0.4) is 0 Å². The van der Waals surface area contributed by atoms with Gasteiger partial charge in [0.1, 0.15) is 0 Å². The van der Waals surface area contributed by atoms with Gasteiger partial charge >= 0.3 is 0 Å². The Hall–Kier alpha value is -0.120. The van der Waals surface area contributed by atoms with Gasteiger partial charge in [-0.2, -0.15) is 0 Å². The van der Waals surface area contributed by atoms with Gasteiger partial charge in [0.05, 0.1) is 6.61 Å². The summed E-state index contributed by atoms with van der Waals surface area (Å²) in [7, 11) is 0. The van der Waals surface area contributed by atoms with Crippen LogP contribution in [-0.4, -0.2) is 39.0 Å². The van der Waals surface area contributed by atoms with E-state index in [9.17, 15) is 0 Å². The third-order valence-electron chi connectivity index (χ3n) is 7.82. The number of rotatable bonds is 24. The minimum Gasteiger partial charge on any atom is -0.381 e. The maximum Gasteiger partial charge on any atom is 0.0619 e. The van der Waals surface area contributed by atoms with Crippen molar-refractivity contribution in [3.63, 3.8) is 0 Å². The van der Waals surface area contributed by atoms with Crippen molar-refractivity contribution in [3.8, 4) is 0 Å². The predicted molar refractivity (Wildman–Crippen MR) is 182 cm³/mol. The average molecular weight is 570 g/mol. The van der Waals surface area contributed by atoms with E-state index < -0.39 is 0 Å². The highest BCUT2D eigenvalue weighted by Gasteiger charge is 2.09. The molecule has 1 heterocycles. The molecule has 1 rings (SSSR count). The summed E-state index contributed by atoms with van der Waals surface area (Å²) in [6, 6.07) is 0.531. The average Bonchev–Trinajstić information content (AvgIpc) is 3.10. The highest BCUT2D eigenvalue weighted by atomic mass is 16.5. The third-order valence-corrected chi connectivity index (χ3v) is 7.82. The van der Waals surface area contributed by atoms with Crippen LogP contribution < -0.4 is 5.32 Å². The smallest absolute Gasteiger partial charge is 0.0619 e. The van der Waals surface area contributed by atoms with Crippen LogP contribution >= 0.6 is 0 Å². The molecule has 0 aromatic rings. The normalized spacial score (nSPS) is 15.7. The van der Waals surface area contributed by atoms with Crippen LogP contribution in [0.4, 0.5) is 0 Å². The van der Waals surface area contributed by atoms with Crippen LogP contribution in [0, 0.1) is 0 Å². The molecule has 244 valence electrons. The van der Waals surface area contributed by atoms with Crippen molar-refractivity contribution in [2.75, 3.05) is 33.0 Å². The van der Waals surface area contributed by atoms with E-state index in [1.54, 1.807) is 0 Å². The molecule has 40 heavy (non-hydrogen) atoms. The Balaban J connectivity index is 0. The summed E-state index contributed by atoms with van der Waals surface area (Å²) in [5.41, 5.74) is 0. The molecule has 1 N–H and O–H groups in total. The molecule has 3 nitrogen and oxygen atoms in total. The first-order valence-electron chi connectivity index (χ1n) is 18.6. The molecule has 0 aromatic heterocycles. The predicted octanol–water partition coefficient (Wildman–Crippen LogP) is 12.2. The Morgan fingerprint density at radius 1 is 0.500 bits per heavy atom. The van der Waals surface area contributed by atoms with E-state index >= 15 is 0 Å². The summed E-state index contributed by atoms with van der Waals surface area (Å²) in [5, 5.41) is 3.52. The lowest BCUT2D eigenvalue weighted by molar-refractivity contribution is 0.106. The van der Waals surface area contributed by atoms with E-state index in [-0.39, 0.29) is 0 Å². The van der Waals surface area contributed by atoms with Gasteiger partial charge in [-0.25, -0.2) is 0 Å². The summed E-state index contributed by atoms with van der Waals surface area (Å²) in [5.74, 6) is 0. The van der Waals surface area contributed by atoms with Gasteiger partial charge in [-0.3, -0.25) is 0 Å². The Bertz CT molecular complexity index is 372. The van der Waals surface area contributed by atoms with Crippen molar-refractivity contribution in [2.45, 2.75) is 208 Å². The van der Waals surface area contributed by atoms with Crippen LogP contribution in [0.5, 0.6) is 0 Å². The lowest BCUT2D eigenvalue weighted by Gasteiger charge is -2.17.